The molecule has 0 fully saturated rings. The number of thiophene rings is 1. The van der Waals surface area contributed by atoms with E-state index < -0.39 is 0 Å². The van der Waals surface area contributed by atoms with Crippen LogP contribution in [0.15, 0.2) is 72.6 Å². The van der Waals surface area contributed by atoms with Crippen LogP contribution >= 0.6 is 11.3 Å². The minimum absolute atomic E-state index is 0. The minimum atomic E-state index is -0.125. The number of rotatable bonds is 2. The molecule has 1 N–H and O–H groups in total. The number of hydrogen-bond donors (Lipinski definition) is 1. The number of carbonyl (C=O) groups is 1. The van der Waals surface area contributed by atoms with Crippen molar-refractivity contribution in [2.75, 3.05) is 0 Å². The van der Waals surface area contributed by atoms with Crippen molar-refractivity contribution < 1.29 is 30.0 Å². The number of aliphatic hydroxyl groups is 1. The summed E-state index contributed by atoms with van der Waals surface area (Å²) in [5.41, 5.74) is 3.47. The molecule has 0 saturated carbocycles. The van der Waals surface area contributed by atoms with Crippen LogP contribution in [0.5, 0.6) is 0 Å². The van der Waals surface area contributed by atoms with Crippen LogP contribution in [0.3, 0.4) is 0 Å². The fraction of sp³-hybridized carbons (Fsp3) is 0.143. The first-order valence-corrected chi connectivity index (χ1v) is 11.2. The van der Waals surface area contributed by atoms with Crippen molar-refractivity contribution in [3.8, 4) is 11.3 Å². The smallest absolute Gasteiger partial charge is 0.155 e. The third-order valence-electron chi connectivity index (χ3n) is 5.40. The van der Waals surface area contributed by atoms with E-state index in [1.54, 1.807) is 0 Å². The molecule has 0 aliphatic carbocycles. The monoisotopic (exact) mass is 631 g/mol. The summed E-state index contributed by atoms with van der Waals surface area (Å²) in [6.45, 7) is 7.23. The first kappa shape index (κ1) is 24.8. The first-order chi connectivity index (χ1) is 15.4. The van der Waals surface area contributed by atoms with Crippen LogP contribution in [-0.2, 0) is 24.9 Å². The second kappa shape index (κ2) is 10.4. The molecule has 5 aromatic rings. The molecule has 33 heavy (non-hydrogen) atoms. The Kier molecular flexibility index (Phi) is 7.80. The number of aryl methyl sites for hydroxylation is 2. The molecule has 0 aliphatic heterocycles. The maximum Gasteiger partial charge on any atom is 0.155 e. The molecule has 2 heterocycles. The van der Waals surface area contributed by atoms with Gasteiger partial charge in [-0.25, -0.2) is 0 Å². The predicted molar refractivity (Wildman–Crippen MR) is 135 cm³/mol. The summed E-state index contributed by atoms with van der Waals surface area (Å²) in [5.74, 6) is -0.0625. The molecule has 0 saturated heterocycles. The molecule has 0 aliphatic rings. The summed E-state index contributed by atoms with van der Waals surface area (Å²) in [5, 5.41) is 14.5. The molecular formula is C28H24IrNO2S-. The summed E-state index contributed by atoms with van der Waals surface area (Å²) < 4.78 is 1.30. The van der Waals surface area contributed by atoms with Gasteiger partial charge in [-0.05, 0) is 44.7 Å². The maximum atomic E-state index is 10.0. The van der Waals surface area contributed by atoms with E-state index in [4.69, 9.17) is 10.1 Å². The molecule has 5 heteroatoms. The van der Waals surface area contributed by atoms with Crippen LogP contribution in [0.2, 0.25) is 0 Å². The minimum Gasteiger partial charge on any atom is -0.512 e. The Morgan fingerprint density at radius 2 is 1.61 bits per heavy atom. The molecule has 0 atom stereocenters. The van der Waals surface area contributed by atoms with Gasteiger partial charge >= 0.3 is 0 Å². The van der Waals surface area contributed by atoms with E-state index in [0.717, 1.165) is 16.6 Å². The number of fused-ring (bicyclic) bond motifs is 4. The SMILES string of the molecule is CC(=O)/C=C(/C)O.Cc1sc2ccnc(-c3[c-]c4ccccc4c4ccccc34)c2c1C.[Ir]. The molecule has 0 spiro atoms. The van der Waals surface area contributed by atoms with Crippen LogP contribution in [-0.4, -0.2) is 15.9 Å². The van der Waals surface area contributed by atoms with Gasteiger partial charge in [0.25, 0.3) is 0 Å². The number of benzene rings is 3. The van der Waals surface area contributed by atoms with Gasteiger partial charge in [-0.15, -0.1) is 28.9 Å². The van der Waals surface area contributed by atoms with E-state index in [2.05, 4.69) is 74.5 Å². The third kappa shape index (κ3) is 5.06. The van der Waals surface area contributed by atoms with Crippen LogP contribution < -0.4 is 0 Å². The third-order valence-corrected chi connectivity index (χ3v) is 6.57. The molecule has 5 rings (SSSR count). The Labute approximate surface area is 211 Å². The number of aromatic nitrogens is 1. The molecule has 0 bridgehead atoms. The number of carbonyl (C=O) groups excluding carboxylic acids is 1. The van der Waals surface area contributed by atoms with Gasteiger partial charge < -0.3 is 5.11 Å². The zero-order chi connectivity index (χ0) is 22.8. The van der Waals surface area contributed by atoms with Crippen molar-refractivity contribution in [1.29, 1.82) is 0 Å². The second-order valence-corrected chi connectivity index (χ2v) is 9.06. The molecule has 169 valence electrons. The van der Waals surface area contributed by atoms with Crippen LogP contribution in [0.25, 0.3) is 42.9 Å². The largest absolute Gasteiger partial charge is 0.512 e. The van der Waals surface area contributed by atoms with E-state index in [1.807, 2.05) is 17.5 Å². The fourth-order valence-electron chi connectivity index (χ4n) is 3.94. The van der Waals surface area contributed by atoms with E-state index in [0.29, 0.717) is 0 Å². The molecule has 1 radical (unpaired) electrons. The normalized spacial score (nSPS) is 11.2. The predicted octanol–water partition coefficient (Wildman–Crippen LogP) is 7.72. The number of allylic oxidation sites excluding steroid dienone is 2. The van der Waals surface area contributed by atoms with Crippen LogP contribution in [0.1, 0.15) is 24.3 Å². The van der Waals surface area contributed by atoms with Crippen molar-refractivity contribution in [2.45, 2.75) is 27.7 Å². The van der Waals surface area contributed by atoms with Crippen molar-refractivity contribution in [2.24, 2.45) is 0 Å². The summed E-state index contributed by atoms with van der Waals surface area (Å²) in [6, 6.07) is 22.8. The van der Waals surface area contributed by atoms with Gasteiger partial charge in [0.05, 0.1) is 5.76 Å². The molecule has 0 amide bonds. The van der Waals surface area contributed by atoms with Crippen LogP contribution in [0.4, 0.5) is 0 Å². The van der Waals surface area contributed by atoms with Crippen molar-refractivity contribution in [3.63, 3.8) is 0 Å². The molecule has 3 aromatic carbocycles. The van der Waals surface area contributed by atoms with Crippen molar-refractivity contribution >= 4 is 48.8 Å². The Hall–Kier alpha value is -2.85. The molecular weight excluding hydrogens is 607 g/mol. The Morgan fingerprint density at radius 3 is 2.24 bits per heavy atom. The molecule has 2 aromatic heterocycles. The standard InChI is InChI=1S/C23H16NS.C5H8O2.Ir/c1-14-15(2)25-21-11-12-24-23(22(14)21)20-13-16-7-3-4-8-17(16)18-9-5-6-10-19(18)20;1-4(6)3-5(2)7;/h3-12H,1-2H3;3,6H,1-2H3;/q-1;;/b;4-3-;. The summed E-state index contributed by atoms with van der Waals surface area (Å²) in [6.07, 6.45) is 3.09. The van der Waals surface area contributed by atoms with Gasteiger partial charge in [-0.2, -0.15) is 0 Å². The Balaban J connectivity index is 0.000000337. The number of ketones is 1. The zero-order valence-electron chi connectivity index (χ0n) is 18.9. The summed E-state index contributed by atoms with van der Waals surface area (Å²) >= 11 is 1.84. The summed E-state index contributed by atoms with van der Waals surface area (Å²) in [7, 11) is 0. The number of nitrogens with zero attached hydrogens (tertiary/aromatic N) is 1. The molecule has 0 unspecified atom stereocenters. The fourth-order valence-corrected chi connectivity index (χ4v) is 5.01. The Bertz CT molecular complexity index is 1500. The van der Waals surface area contributed by atoms with Gasteiger partial charge in [0.15, 0.2) is 5.78 Å². The van der Waals surface area contributed by atoms with Gasteiger partial charge in [0.2, 0.25) is 0 Å². The van der Waals surface area contributed by atoms with Crippen LogP contribution in [0, 0.1) is 19.9 Å². The zero-order valence-corrected chi connectivity index (χ0v) is 22.1. The maximum absolute atomic E-state index is 10.0. The van der Waals surface area contributed by atoms with Gasteiger partial charge in [0, 0.05) is 47.6 Å². The van der Waals surface area contributed by atoms with E-state index in [1.165, 1.54) is 56.6 Å². The summed E-state index contributed by atoms with van der Waals surface area (Å²) in [4.78, 5) is 16.2. The second-order valence-electron chi connectivity index (χ2n) is 7.80. The van der Waals surface area contributed by atoms with E-state index in [9.17, 15) is 4.79 Å². The van der Waals surface area contributed by atoms with Crippen molar-refractivity contribution in [1.82, 2.24) is 4.98 Å². The Morgan fingerprint density at radius 1 is 0.970 bits per heavy atom. The first-order valence-electron chi connectivity index (χ1n) is 10.4. The number of pyridine rings is 1. The topological polar surface area (TPSA) is 50.2 Å². The van der Waals surface area contributed by atoms with Crippen molar-refractivity contribution in [3.05, 3.63) is 89.1 Å². The van der Waals surface area contributed by atoms with E-state index >= 15 is 0 Å². The molecule has 3 nitrogen and oxygen atoms in total. The average molecular weight is 631 g/mol. The van der Waals surface area contributed by atoms with E-state index in [-0.39, 0.29) is 31.6 Å². The quantitative estimate of drug-likeness (QED) is 0.0941. The van der Waals surface area contributed by atoms with Gasteiger partial charge in [-0.3, -0.25) is 9.78 Å². The number of aliphatic hydroxyl groups excluding tert-OH is 1. The average Bonchev–Trinajstić information content (AvgIpc) is 3.06. The van der Waals surface area contributed by atoms with Gasteiger partial charge in [0.1, 0.15) is 0 Å². The number of hydrogen-bond acceptors (Lipinski definition) is 4. The van der Waals surface area contributed by atoms with Gasteiger partial charge in [-0.1, -0.05) is 64.2 Å².